The highest BCUT2D eigenvalue weighted by Gasteiger charge is 2.34. The van der Waals surface area contributed by atoms with E-state index in [4.69, 9.17) is 5.26 Å². The van der Waals surface area contributed by atoms with Gasteiger partial charge in [-0.05, 0) is 32.0 Å². The van der Waals surface area contributed by atoms with Crippen molar-refractivity contribution in [2.24, 2.45) is 0 Å². The number of hydrogen-bond acceptors (Lipinski definition) is 2. The van der Waals surface area contributed by atoms with E-state index in [9.17, 15) is 13.2 Å². The second-order valence-electron chi connectivity index (χ2n) is 3.51. The number of benzene rings is 1. The lowest BCUT2D eigenvalue weighted by molar-refractivity contribution is -0.137. The number of nitrogens with zero attached hydrogens (tertiary/aromatic N) is 2. The maximum Gasteiger partial charge on any atom is 0.418 e. The van der Waals surface area contributed by atoms with Gasteiger partial charge in [0.15, 0.2) is 0 Å². The Balaban J connectivity index is 3.35. The Bertz CT molecular complexity index is 428. The number of hydrogen-bond donors (Lipinski definition) is 0. The van der Waals surface area contributed by atoms with E-state index in [2.05, 4.69) is 0 Å². The molecule has 0 aliphatic heterocycles. The first kappa shape index (κ1) is 13.4. The molecule has 0 unspecified atom stereocenters. The SMILES string of the molecule is CCN(CC)c1ccc(C#N)cc1C(F)(F)F. The summed E-state index contributed by atoms with van der Waals surface area (Å²) in [5, 5.41) is 8.64. The lowest BCUT2D eigenvalue weighted by Gasteiger charge is -2.25. The molecule has 0 heterocycles. The fourth-order valence-electron chi connectivity index (χ4n) is 1.67. The molecule has 2 nitrogen and oxygen atoms in total. The zero-order valence-corrected chi connectivity index (χ0v) is 9.67. The smallest absolute Gasteiger partial charge is 0.372 e. The summed E-state index contributed by atoms with van der Waals surface area (Å²) in [7, 11) is 0. The zero-order chi connectivity index (χ0) is 13.1. The molecule has 5 heteroatoms. The molecule has 92 valence electrons. The highest BCUT2D eigenvalue weighted by molar-refractivity contribution is 5.57. The third-order valence-corrected chi connectivity index (χ3v) is 2.54. The topological polar surface area (TPSA) is 27.0 Å². The number of alkyl halides is 3. The van der Waals surface area contributed by atoms with Crippen molar-refractivity contribution in [3.05, 3.63) is 29.3 Å². The van der Waals surface area contributed by atoms with Gasteiger partial charge in [-0.1, -0.05) is 0 Å². The van der Waals surface area contributed by atoms with Crippen LogP contribution < -0.4 is 4.90 Å². The highest BCUT2D eigenvalue weighted by Crippen LogP contribution is 2.37. The van der Waals surface area contributed by atoms with Crippen LogP contribution in [-0.4, -0.2) is 13.1 Å². The Morgan fingerprint density at radius 3 is 2.24 bits per heavy atom. The van der Waals surface area contributed by atoms with Crippen LogP contribution in [0.3, 0.4) is 0 Å². The predicted octanol–water partition coefficient (Wildman–Crippen LogP) is 3.42. The molecular weight excluding hydrogens is 229 g/mol. The van der Waals surface area contributed by atoms with Crippen molar-refractivity contribution in [2.45, 2.75) is 20.0 Å². The molecule has 0 spiro atoms. The van der Waals surface area contributed by atoms with Gasteiger partial charge in [0.05, 0.1) is 17.2 Å². The van der Waals surface area contributed by atoms with Gasteiger partial charge in [0.25, 0.3) is 0 Å². The van der Waals surface area contributed by atoms with Crippen molar-refractivity contribution in [2.75, 3.05) is 18.0 Å². The van der Waals surface area contributed by atoms with Crippen LogP contribution in [0.2, 0.25) is 0 Å². The van der Waals surface area contributed by atoms with Crippen LogP contribution in [0.4, 0.5) is 18.9 Å². The molecule has 1 aromatic carbocycles. The van der Waals surface area contributed by atoms with Crippen LogP contribution in [-0.2, 0) is 6.18 Å². The summed E-state index contributed by atoms with van der Waals surface area (Å²) in [4.78, 5) is 1.62. The van der Waals surface area contributed by atoms with Crippen molar-refractivity contribution in [3.8, 4) is 6.07 Å². The van der Waals surface area contributed by atoms with Gasteiger partial charge < -0.3 is 4.90 Å². The standard InChI is InChI=1S/C12H13F3N2/c1-3-17(4-2)11-6-5-9(8-16)7-10(11)12(13,14)15/h5-7H,3-4H2,1-2H3. The van der Waals surface area contributed by atoms with E-state index in [-0.39, 0.29) is 11.3 Å². The van der Waals surface area contributed by atoms with Crippen molar-refractivity contribution >= 4 is 5.69 Å². The molecule has 0 aliphatic rings. The fraction of sp³-hybridized carbons (Fsp3) is 0.417. The van der Waals surface area contributed by atoms with Crippen molar-refractivity contribution in [1.82, 2.24) is 0 Å². The van der Waals surface area contributed by atoms with E-state index in [1.165, 1.54) is 12.1 Å². The van der Waals surface area contributed by atoms with E-state index < -0.39 is 11.7 Å². The van der Waals surface area contributed by atoms with E-state index in [1.807, 2.05) is 0 Å². The first-order valence-electron chi connectivity index (χ1n) is 5.30. The number of rotatable bonds is 3. The minimum Gasteiger partial charge on any atom is -0.372 e. The molecule has 0 saturated carbocycles. The summed E-state index contributed by atoms with van der Waals surface area (Å²) < 4.78 is 38.6. The summed E-state index contributed by atoms with van der Waals surface area (Å²) in [6.07, 6.45) is -4.44. The largest absolute Gasteiger partial charge is 0.418 e. The van der Waals surface area contributed by atoms with E-state index >= 15 is 0 Å². The van der Waals surface area contributed by atoms with Gasteiger partial charge in [-0.25, -0.2) is 0 Å². The molecule has 0 aromatic heterocycles. The van der Waals surface area contributed by atoms with Crippen LogP contribution in [0.25, 0.3) is 0 Å². The van der Waals surface area contributed by atoms with Crippen LogP contribution in [0, 0.1) is 11.3 Å². The maximum atomic E-state index is 12.9. The molecule has 0 bridgehead atoms. The van der Waals surface area contributed by atoms with Gasteiger partial charge >= 0.3 is 6.18 Å². The molecule has 0 saturated heterocycles. The normalized spacial score (nSPS) is 11.1. The maximum absolute atomic E-state index is 12.9. The fourth-order valence-corrected chi connectivity index (χ4v) is 1.67. The summed E-state index contributed by atoms with van der Waals surface area (Å²) in [5.74, 6) is 0. The minimum absolute atomic E-state index is 0.0215. The second-order valence-corrected chi connectivity index (χ2v) is 3.51. The van der Waals surface area contributed by atoms with Gasteiger partial charge in [0.1, 0.15) is 0 Å². The molecule has 0 amide bonds. The lowest BCUT2D eigenvalue weighted by Crippen LogP contribution is -2.25. The summed E-state index contributed by atoms with van der Waals surface area (Å²) in [6, 6.07) is 5.38. The average Bonchev–Trinajstić information content (AvgIpc) is 2.29. The number of halogens is 3. The third kappa shape index (κ3) is 2.90. The molecule has 1 aromatic rings. The molecule has 1 rings (SSSR count). The third-order valence-electron chi connectivity index (χ3n) is 2.54. The summed E-state index contributed by atoms with van der Waals surface area (Å²) in [6.45, 7) is 4.57. The molecule has 0 radical (unpaired) electrons. The molecule has 0 fully saturated rings. The second kappa shape index (κ2) is 5.09. The Morgan fingerprint density at radius 1 is 1.24 bits per heavy atom. The van der Waals surface area contributed by atoms with E-state index in [0.29, 0.717) is 13.1 Å². The van der Waals surface area contributed by atoms with Crippen molar-refractivity contribution in [3.63, 3.8) is 0 Å². The average molecular weight is 242 g/mol. The molecule has 0 aliphatic carbocycles. The van der Waals surface area contributed by atoms with Crippen LogP contribution >= 0.6 is 0 Å². The Labute approximate surface area is 98.3 Å². The van der Waals surface area contributed by atoms with Crippen LogP contribution in [0.5, 0.6) is 0 Å². The van der Waals surface area contributed by atoms with Gasteiger partial charge in [0, 0.05) is 18.8 Å². The highest BCUT2D eigenvalue weighted by atomic mass is 19.4. The Kier molecular flexibility index (Phi) is 4.00. The molecule has 0 atom stereocenters. The van der Waals surface area contributed by atoms with Crippen LogP contribution in [0.15, 0.2) is 18.2 Å². The van der Waals surface area contributed by atoms with E-state index in [1.54, 1.807) is 24.8 Å². The first-order chi connectivity index (χ1) is 7.93. The quantitative estimate of drug-likeness (QED) is 0.812. The zero-order valence-electron chi connectivity index (χ0n) is 9.67. The van der Waals surface area contributed by atoms with Gasteiger partial charge in [0.2, 0.25) is 0 Å². The van der Waals surface area contributed by atoms with Crippen molar-refractivity contribution in [1.29, 1.82) is 5.26 Å². The van der Waals surface area contributed by atoms with Gasteiger partial charge in [-0.3, -0.25) is 0 Å². The monoisotopic (exact) mass is 242 g/mol. The van der Waals surface area contributed by atoms with Gasteiger partial charge in [-0.15, -0.1) is 0 Å². The molecular formula is C12H13F3N2. The predicted molar refractivity (Wildman–Crippen MR) is 59.7 cm³/mol. The Hall–Kier alpha value is -1.70. The van der Waals surface area contributed by atoms with E-state index in [0.717, 1.165) is 6.07 Å². The van der Waals surface area contributed by atoms with Crippen molar-refractivity contribution < 1.29 is 13.2 Å². The Morgan fingerprint density at radius 2 is 1.82 bits per heavy atom. The summed E-state index contributed by atoms with van der Waals surface area (Å²) >= 11 is 0. The lowest BCUT2D eigenvalue weighted by atomic mass is 10.1. The molecule has 17 heavy (non-hydrogen) atoms. The summed E-state index contributed by atoms with van der Waals surface area (Å²) in [5.41, 5.74) is -0.602. The van der Waals surface area contributed by atoms with Crippen LogP contribution in [0.1, 0.15) is 25.0 Å². The number of nitriles is 1. The minimum atomic E-state index is -4.44. The number of anilines is 1. The molecule has 0 N–H and O–H groups in total. The van der Waals surface area contributed by atoms with Gasteiger partial charge in [-0.2, -0.15) is 18.4 Å². The first-order valence-corrected chi connectivity index (χ1v) is 5.30.